The van der Waals surface area contributed by atoms with Gasteiger partial charge in [0.05, 0.1) is 0 Å². The Morgan fingerprint density at radius 2 is 1.66 bits per heavy atom. The fourth-order valence-corrected chi connectivity index (χ4v) is 6.17. The van der Waals surface area contributed by atoms with Crippen LogP contribution in [-0.2, 0) is 20.8 Å². The number of methoxy groups -OCH3 is 1. The van der Waals surface area contributed by atoms with Crippen LogP contribution in [0.25, 0.3) is 22.8 Å². The van der Waals surface area contributed by atoms with Crippen LogP contribution in [0.3, 0.4) is 0 Å². The molecule has 2 aliphatic heterocycles. The minimum absolute atomic E-state index is 0.0374. The fraction of sp³-hybridized carbons (Fsp3) is 0.310. The molecule has 1 saturated heterocycles. The van der Waals surface area contributed by atoms with Crippen LogP contribution in [0.5, 0.6) is 0 Å². The summed E-state index contributed by atoms with van der Waals surface area (Å²) < 4.78 is 42.8. The van der Waals surface area contributed by atoms with E-state index in [2.05, 4.69) is 24.1 Å². The van der Waals surface area contributed by atoms with Crippen molar-refractivity contribution in [2.45, 2.75) is 19.6 Å². The Labute approximate surface area is 247 Å². The van der Waals surface area contributed by atoms with Crippen molar-refractivity contribution in [3.05, 3.63) is 80.3 Å². The van der Waals surface area contributed by atoms with E-state index in [4.69, 9.17) is 9.47 Å². The zero-order chi connectivity index (χ0) is 28.8. The van der Waals surface area contributed by atoms with Crippen LogP contribution < -0.4 is 21.2 Å². The van der Waals surface area contributed by atoms with Crippen molar-refractivity contribution >= 4 is 11.7 Å². The van der Waals surface area contributed by atoms with Crippen LogP contribution in [0, 0.1) is 11.6 Å². The van der Waals surface area contributed by atoms with Gasteiger partial charge in [0.1, 0.15) is 11.6 Å². The van der Waals surface area contributed by atoms with Crippen LogP contribution in [0.15, 0.2) is 73.6 Å². The van der Waals surface area contributed by atoms with Gasteiger partial charge >= 0.3 is 174 Å². The molecule has 1 amide bonds. The summed E-state index contributed by atoms with van der Waals surface area (Å²) >= 11 is -0.422. The van der Waals surface area contributed by atoms with Gasteiger partial charge in [-0.3, -0.25) is 0 Å². The van der Waals surface area contributed by atoms with Gasteiger partial charge in [0, 0.05) is 5.56 Å². The first-order chi connectivity index (χ1) is 19.9. The number of carbonyl (C=O) groups is 1. The number of benzene rings is 2. The second-order valence-electron chi connectivity index (χ2n) is 9.50. The molecule has 9 nitrogen and oxygen atoms in total. The van der Waals surface area contributed by atoms with E-state index in [1.54, 1.807) is 36.3 Å². The van der Waals surface area contributed by atoms with Crippen LogP contribution in [0.4, 0.5) is 8.78 Å². The Morgan fingerprint density at radius 1 is 1.00 bits per heavy atom. The Bertz CT molecular complexity index is 1450. The third-order valence-electron chi connectivity index (χ3n) is 6.51. The van der Waals surface area contributed by atoms with Gasteiger partial charge < -0.3 is 0 Å². The zero-order valence-corrected chi connectivity index (χ0v) is 24.9. The summed E-state index contributed by atoms with van der Waals surface area (Å²) in [6.07, 6.45) is 3.78. The molecule has 12 heteroatoms. The zero-order valence-electron chi connectivity index (χ0n) is 22.7. The van der Waals surface area contributed by atoms with Crippen molar-refractivity contribution in [2.75, 3.05) is 39.9 Å². The van der Waals surface area contributed by atoms with Crippen molar-refractivity contribution in [1.82, 2.24) is 24.6 Å². The van der Waals surface area contributed by atoms with E-state index in [0.717, 1.165) is 9.60 Å². The van der Waals surface area contributed by atoms with Gasteiger partial charge in [-0.05, 0) is 48.5 Å². The Kier molecular flexibility index (Phi) is 9.39. The van der Waals surface area contributed by atoms with Gasteiger partial charge in [-0.1, -0.05) is 0 Å². The topological polar surface area (TPSA) is 85.1 Å². The van der Waals surface area contributed by atoms with Crippen molar-refractivity contribution in [1.29, 1.82) is 0 Å². The molecular weight excluding hydrogens is 645 g/mol. The van der Waals surface area contributed by atoms with Gasteiger partial charge in [-0.15, -0.1) is 0 Å². The van der Waals surface area contributed by atoms with E-state index in [0.29, 0.717) is 55.6 Å². The summed E-state index contributed by atoms with van der Waals surface area (Å²) in [5.41, 5.74) is 1.24. The van der Waals surface area contributed by atoms with Crippen LogP contribution in [-0.4, -0.2) is 82.3 Å². The number of nitrogens with zero attached hydrogens (tertiary/aromatic N) is 6. The molecule has 0 saturated carbocycles. The Balaban J connectivity index is 1.28. The number of piperazine rings is 1. The minimum atomic E-state index is -0.422. The second kappa shape index (κ2) is 13.3. The molecule has 2 aromatic carbocycles. The van der Waals surface area contributed by atoms with Gasteiger partial charge in [-0.2, -0.15) is 0 Å². The number of hydrogen-bond acceptors (Lipinski definition) is 7. The average Bonchev–Trinajstić information content (AvgIpc) is 3.24. The van der Waals surface area contributed by atoms with E-state index in [9.17, 15) is 13.6 Å². The normalized spacial score (nSPS) is 16.4. The Morgan fingerprint density at radius 3 is 2.32 bits per heavy atom. The quantitative estimate of drug-likeness (QED) is 0.331. The molecule has 41 heavy (non-hydrogen) atoms. The summed E-state index contributed by atoms with van der Waals surface area (Å²) in [5.74, 6) is 0.761. The molecule has 5 rings (SSSR count). The molecule has 3 heterocycles. The predicted molar refractivity (Wildman–Crippen MR) is 146 cm³/mol. The average molecular weight is 675 g/mol. The predicted octanol–water partition coefficient (Wildman–Crippen LogP) is 0.900. The molecule has 216 valence electrons. The molecule has 1 aromatic heterocycles. The number of aliphatic imine (C=N–C) groups is 1. The molecule has 0 unspecified atom stereocenters. The molecule has 1 atom stereocenters. The number of ether oxygens (including phenoxy) is 2. The Hall–Kier alpha value is -3.65. The second-order valence-corrected chi connectivity index (χ2v) is 11.9. The molecule has 3 aromatic rings. The van der Waals surface area contributed by atoms with Crippen molar-refractivity contribution in [3.8, 4) is 22.8 Å². The first kappa shape index (κ1) is 28.9. The number of amidine groups is 1. The summed E-state index contributed by atoms with van der Waals surface area (Å²) in [6.45, 7) is 4.73. The summed E-state index contributed by atoms with van der Waals surface area (Å²) in [5, 5.41) is 4.56. The van der Waals surface area contributed by atoms with Crippen LogP contribution >= 0.6 is 0 Å². The number of hydrogen-bond donors (Lipinski definition) is 0. The SMILES string of the molecule is COC[C@@H](C)OC1=CC(N2CCN(C(=O)Cn3nc(-c4ccc(F)cc4)nc3-c3ccc(F)cc3)CC2)=NC=C[I-]1. The standard InChI is InChI=1S/C29H30F2IN6O3/c1-20(19-40-2)41-25-17-26(33-12-11-32-25)36-13-15-37(16-14-36)27(39)18-38-29(22-5-9-24(31)10-6-22)34-28(35-38)21-3-7-23(30)8-4-21/h3-12,17,20H,13-16,18-19H2,1-2H3/q-1/t20-/m1/s1. The van der Waals surface area contributed by atoms with E-state index in [1.165, 1.54) is 28.9 Å². The number of aromatic nitrogens is 3. The van der Waals surface area contributed by atoms with Crippen molar-refractivity contribution in [3.63, 3.8) is 0 Å². The van der Waals surface area contributed by atoms with Gasteiger partial charge in [-0.25, -0.2) is 8.78 Å². The van der Waals surface area contributed by atoms with Crippen LogP contribution in [0.2, 0.25) is 0 Å². The van der Waals surface area contributed by atoms with Crippen molar-refractivity contribution < 1.29 is 44.3 Å². The molecule has 0 N–H and O–H groups in total. The van der Waals surface area contributed by atoms with E-state index in [1.807, 2.05) is 19.2 Å². The summed E-state index contributed by atoms with van der Waals surface area (Å²) in [7, 11) is 1.65. The van der Waals surface area contributed by atoms with Gasteiger partial charge in [0.25, 0.3) is 0 Å². The number of amides is 1. The maximum absolute atomic E-state index is 13.6. The van der Waals surface area contributed by atoms with Gasteiger partial charge in [0.2, 0.25) is 0 Å². The fourth-order valence-electron chi connectivity index (χ4n) is 4.46. The molecule has 0 radical (unpaired) electrons. The van der Waals surface area contributed by atoms with Gasteiger partial charge in [0.15, 0.2) is 0 Å². The monoisotopic (exact) mass is 675 g/mol. The first-order valence-corrected chi connectivity index (χ1v) is 15.4. The molecule has 2 aliphatic rings. The first-order valence-electron chi connectivity index (χ1n) is 13.1. The van der Waals surface area contributed by atoms with E-state index < -0.39 is 21.2 Å². The van der Waals surface area contributed by atoms with Crippen LogP contribution in [0.1, 0.15) is 6.92 Å². The number of rotatable bonds is 8. The summed E-state index contributed by atoms with van der Waals surface area (Å²) in [4.78, 5) is 26.6. The third kappa shape index (κ3) is 7.36. The molecule has 1 fully saturated rings. The van der Waals surface area contributed by atoms with E-state index in [-0.39, 0.29) is 30.2 Å². The third-order valence-corrected chi connectivity index (χ3v) is 8.37. The maximum atomic E-state index is 13.6. The molecule has 0 spiro atoms. The molecular formula is C29H30F2IN6O3-. The number of carbonyl (C=O) groups excluding carboxylic acids is 1. The molecule has 0 bridgehead atoms. The molecule has 0 aliphatic carbocycles. The van der Waals surface area contributed by atoms with E-state index >= 15 is 0 Å². The van der Waals surface area contributed by atoms with Crippen molar-refractivity contribution in [2.24, 2.45) is 4.99 Å². The summed E-state index contributed by atoms with van der Waals surface area (Å²) in [6, 6.07) is 11.7. The number of halogens is 3.